The van der Waals surface area contributed by atoms with Crippen LogP contribution in [0.2, 0.25) is 0 Å². The molecular weight excluding hydrogens is 264 g/mol. The van der Waals surface area contributed by atoms with E-state index in [2.05, 4.69) is 35.3 Å². The Morgan fingerprint density at radius 1 is 1.24 bits per heavy atom. The Morgan fingerprint density at radius 3 is 3.00 bits per heavy atom. The van der Waals surface area contributed by atoms with Crippen LogP contribution in [-0.4, -0.2) is 31.1 Å². The van der Waals surface area contributed by atoms with E-state index < -0.39 is 0 Å². The van der Waals surface area contributed by atoms with Gasteiger partial charge in [-0.1, -0.05) is 18.2 Å². The third-order valence-corrected chi connectivity index (χ3v) is 3.88. The molecule has 1 aromatic carbocycles. The molecule has 4 nitrogen and oxygen atoms in total. The second-order valence-corrected chi connectivity index (χ2v) is 5.42. The van der Waals surface area contributed by atoms with Gasteiger partial charge in [-0.2, -0.15) is 0 Å². The number of ether oxygens (including phenoxy) is 1. The number of furan rings is 1. The summed E-state index contributed by atoms with van der Waals surface area (Å²) in [4.78, 5) is 2.42. The molecule has 4 heteroatoms. The van der Waals surface area contributed by atoms with E-state index >= 15 is 0 Å². The molecular formula is C17H22N2O2. The van der Waals surface area contributed by atoms with Crippen molar-refractivity contribution in [2.24, 2.45) is 0 Å². The fourth-order valence-corrected chi connectivity index (χ4v) is 2.65. The van der Waals surface area contributed by atoms with Crippen molar-refractivity contribution in [3.63, 3.8) is 0 Å². The fraction of sp³-hybridized carbons (Fsp3) is 0.412. The van der Waals surface area contributed by atoms with Crippen molar-refractivity contribution in [2.75, 3.05) is 26.2 Å². The molecule has 1 unspecified atom stereocenters. The van der Waals surface area contributed by atoms with E-state index in [1.165, 1.54) is 5.56 Å². The number of nitrogens with one attached hydrogen (secondary N) is 1. The van der Waals surface area contributed by atoms with Crippen LogP contribution in [0.4, 0.5) is 0 Å². The zero-order valence-electron chi connectivity index (χ0n) is 12.4. The largest absolute Gasteiger partial charge is 0.492 e. The lowest BCUT2D eigenvalue weighted by Crippen LogP contribution is -2.34. The van der Waals surface area contributed by atoms with Gasteiger partial charge in [-0.05, 0) is 25.1 Å². The summed E-state index contributed by atoms with van der Waals surface area (Å²) < 4.78 is 11.2. The molecule has 1 N–H and O–H groups in total. The molecule has 112 valence electrons. The zero-order chi connectivity index (χ0) is 14.5. The molecule has 1 aliphatic heterocycles. The van der Waals surface area contributed by atoms with Crippen LogP contribution in [-0.2, 0) is 6.54 Å². The fourth-order valence-electron chi connectivity index (χ4n) is 2.65. The van der Waals surface area contributed by atoms with Gasteiger partial charge in [-0.25, -0.2) is 0 Å². The molecule has 0 amide bonds. The highest BCUT2D eigenvalue weighted by Crippen LogP contribution is 2.22. The number of fused-ring (bicyclic) bond motifs is 1. The Labute approximate surface area is 125 Å². The summed E-state index contributed by atoms with van der Waals surface area (Å²) in [6.45, 7) is 6.73. The van der Waals surface area contributed by atoms with Gasteiger partial charge in [0.25, 0.3) is 0 Å². The van der Waals surface area contributed by atoms with Gasteiger partial charge >= 0.3 is 0 Å². The highest BCUT2D eigenvalue weighted by atomic mass is 16.5. The summed E-state index contributed by atoms with van der Waals surface area (Å²) in [5.74, 6) is 2.01. The maximum absolute atomic E-state index is 5.79. The molecule has 3 rings (SSSR count). The van der Waals surface area contributed by atoms with E-state index in [0.717, 1.165) is 44.3 Å². The quantitative estimate of drug-likeness (QED) is 0.917. The van der Waals surface area contributed by atoms with Crippen molar-refractivity contribution in [2.45, 2.75) is 19.5 Å². The van der Waals surface area contributed by atoms with Crippen LogP contribution < -0.4 is 10.1 Å². The van der Waals surface area contributed by atoms with Gasteiger partial charge in [0.15, 0.2) is 0 Å². The van der Waals surface area contributed by atoms with Gasteiger partial charge < -0.3 is 14.5 Å². The highest BCUT2D eigenvalue weighted by Gasteiger charge is 2.15. The number of nitrogens with zero attached hydrogens (tertiary/aromatic N) is 1. The molecule has 0 bridgehead atoms. The van der Waals surface area contributed by atoms with E-state index in [0.29, 0.717) is 0 Å². The summed E-state index contributed by atoms with van der Waals surface area (Å²) >= 11 is 0. The zero-order valence-corrected chi connectivity index (χ0v) is 12.4. The second kappa shape index (κ2) is 6.78. The van der Waals surface area contributed by atoms with Crippen molar-refractivity contribution in [3.05, 3.63) is 54.0 Å². The van der Waals surface area contributed by atoms with Gasteiger partial charge in [0.2, 0.25) is 0 Å². The number of para-hydroxylation sites is 1. The maximum Gasteiger partial charge on any atom is 0.123 e. The van der Waals surface area contributed by atoms with Crippen molar-refractivity contribution in [1.82, 2.24) is 10.2 Å². The van der Waals surface area contributed by atoms with E-state index in [4.69, 9.17) is 9.15 Å². The predicted molar refractivity (Wildman–Crippen MR) is 82.3 cm³/mol. The Morgan fingerprint density at radius 2 is 2.14 bits per heavy atom. The first-order chi connectivity index (χ1) is 10.3. The lowest BCUT2D eigenvalue weighted by molar-refractivity contribution is 0.223. The first-order valence-electron chi connectivity index (χ1n) is 7.53. The molecule has 1 aliphatic rings. The van der Waals surface area contributed by atoms with Gasteiger partial charge in [0.05, 0.1) is 12.3 Å². The monoisotopic (exact) mass is 286 g/mol. The second-order valence-electron chi connectivity index (χ2n) is 5.42. The minimum Gasteiger partial charge on any atom is -0.492 e. The Balaban J connectivity index is 1.50. The minimum absolute atomic E-state index is 0.246. The molecule has 0 saturated carbocycles. The molecule has 2 heterocycles. The lowest BCUT2D eigenvalue weighted by Gasteiger charge is -2.20. The third-order valence-electron chi connectivity index (χ3n) is 3.88. The molecule has 1 aromatic heterocycles. The summed E-state index contributed by atoms with van der Waals surface area (Å²) in [5.41, 5.74) is 1.27. The summed E-state index contributed by atoms with van der Waals surface area (Å²) in [6.07, 6.45) is 1.72. The lowest BCUT2D eigenvalue weighted by atomic mass is 10.2. The van der Waals surface area contributed by atoms with Crippen LogP contribution in [0.15, 0.2) is 47.1 Å². The van der Waals surface area contributed by atoms with Crippen LogP contribution in [0.1, 0.15) is 24.3 Å². The molecule has 0 fully saturated rings. The normalized spacial score (nSPS) is 16.8. The van der Waals surface area contributed by atoms with Gasteiger partial charge in [-0.15, -0.1) is 0 Å². The van der Waals surface area contributed by atoms with E-state index in [1.54, 1.807) is 6.26 Å². The van der Waals surface area contributed by atoms with Gasteiger partial charge in [0, 0.05) is 31.7 Å². The number of benzene rings is 1. The van der Waals surface area contributed by atoms with Crippen LogP contribution in [0.3, 0.4) is 0 Å². The van der Waals surface area contributed by atoms with E-state index in [-0.39, 0.29) is 6.04 Å². The number of hydrogen-bond donors (Lipinski definition) is 1. The van der Waals surface area contributed by atoms with Crippen LogP contribution in [0.5, 0.6) is 5.75 Å². The van der Waals surface area contributed by atoms with Crippen molar-refractivity contribution in [3.8, 4) is 5.75 Å². The van der Waals surface area contributed by atoms with Crippen LogP contribution in [0, 0.1) is 0 Å². The Hall–Kier alpha value is -1.78. The SMILES string of the molecule is CC(NCCN1CCOc2ccccc2C1)c1ccco1. The average molecular weight is 286 g/mol. The number of hydrogen-bond acceptors (Lipinski definition) is 4. The molecule has 21 heavy (non-hydrogen) atoms. The maximum atomic E-state index is 5.79. The van der Waals surface area contributed by atoms with E-state index in [9.17, 15) is 0 Å². The summed E-state index contributed by atoms with van der Waals surface area (Å²) in [6, 6.07) is 12.5. The third kappa shape index (κ3) is 3.65. The van der Waals surface area contributed by atoms with Crippen molar-refractivity contribution < 1.29 is 9.15 Å². The minimum atomic E-state index is 0.246. The van der Waals surface area contributed by atoms with Crippen LogP contribution in [0.25, 0.3) is 0 Å². The molecule has 1 atom stereocenters. The first kappa shape index (κ1) is 14.2. The molecule has 2 aromatic rings. The van der Waals surface area contributed by atoms with E-state index in [1.807, 2.05) is 18.2 Å². The van der Waals surface area contributed by atoms with Crippen LogP contribution >= 0.6 is 0 Å². The summed E-state index contributed by atoms with van der Waals surface area (Å²) in [5, 5.41) is 3.50. The Bertz CT molecular complexity index is 554. The highest BCUT2D eigenvalue weighted by molar-refractivity contribution is 5.33. The molecule has 0 saturated heterocycles. The van der Waals surface area contributed by atoms with Gasteiger partial charge in [0.1, 0.15) is 18.1 Å². The molecule has 0 spiro atoms. The van der Waals surface area contributed by atoms with Crippen molar-refractivity contribution >= 4 is 0 Å². The van der Waals surface area contributed by atoms with Gasteiger partial charge in [-0.3, -0.25) is 4.90 Å². The van der Waals surface area contributed by atoms with Crippen molar-refractivity contribution in [1.29, 1.82) is 0 Å². The molecule has 0 radical (unpaired) electrons. The summed E-state index contributed by atoms with van der Waals surface area (Å²) in [7, 11) is 0. The predicted octanol–water partition coefficient (Wildman–Crippen LogP) is 2.82. The standard InChI is InChI=1S/C17H22N2O2/c1-14(16-7-4-11-20-16)18-8-9-19-10-12-21-17-6-3-2-5-15(17)13-19/h2-7,11,14,18H,8-10,12-13H2,1H3. The topological polar surface area (TPSA) is 37.6 Å². The smallest absolute Gasteiger partial charge is 0.123 e. The first-order valence-corrected chi connectivity index (χ1v) is 7.53. The number of rotatable bonds is 5. The Kier molecular flexibility index (Phi) is 4.58. The molecule has 0 aliphatic carbocycles. The average Bonchev–Trinajstić information content (AvgIpc) is 2.95.